The molecule has 0 aromatic carbocycles. The molecule has 0 aromatic rings. The number of rotatable bonds is 6. The Labute approximate surface area is 123 Å². The fourth-order valence-electron chi connectivity index (χ4n) is 3.53. The van der Waals surface area contributed by atoms with E-state index < -0.39 is 0 Å². The number of hydrogen-bond acceptors (Lipinski definition) is 3. The summed E-state index contributed by atoms with van der Waals surface area (Å²) in [7, 11) is 0. The highest BCUT2D eigenvalue weighted by molar-refractivity contribution is 5.78. The van der Waals surface area contributed by atoms with E-state index in [9.17, 15) is 4.79 Å². The Morgan fingerprint density at radius 1 is 1.35 bits per heavy atom. The molecule has 20 heavy (non-hydrogen) atoms. The third-order valence-corrected chi connectivity index (χ3v) is 4.68. The molecule has 2 rings (SSSR count). The van der Waals surface area contributed by atoms with Crippen LogP contribution in [0.15, 0.2) is 0 Å². The zero-order valence-electron chi connectivity index (χ0n) is 13.2. The summed E-state index contributed by atoms with van der Waals surface area (Å²) >= 11 is 0. The molecule has 4 nitrogen and oxygen atoms in total. The second-order valence-corrected chi connectivity index (χ2v) is 6.82. The molecule has 4 heteroatoms. The van der Waals surface area contributed by atoms with Crippen LogP contribution in [0.5, 0.6) is 0 Å². The van der Waals surface area contributed by atoms with Crippen molar-refractivity contribution in [1.29, 1.82) is 0 Å². The van der Waals surface area contributed by atoms with Gasteiger partial charge in [-0.1, -0.05) is 13.8 Å². The van der Waals surface area contributed by atoms with E-state index >= 15 is 0 Å². The lowest BCUT2D eigenvalue weighted by Gasteiger charge is -2.34. The van der Waals surface area contributed by atoms with Gasteiger partial charge in [-0.05, 0) is 63.6 Å². The molecule has 0 spiro atoms. The van der Waals surface area contributed by atoms with Crippen molar-refractivity contribution in [3.8, 4) is 0 Å². The molecular formula is C16H31N3O. The van der Waals surface area contributed by atoms with Gasteiger partial charge in [0, 0.05) is 12.6 Å². The lowest BCUT2D eigenvalue weighted by atomic mass is 9.90. The van der Waals surface area contributed by atoms with Crippen molar-refractivity contribution >= 4 is 5.91 Å². The number of likely N-dealkylation sites (tertiary alicyclic amines) is 1. The predicted molar refractivity (Wildman–Crippen MR) is 82.7 cm³/mol. The van der Waals surface area contributed by atoms with E-state index in [1.54, 1.807) is 0 Å². The van der Waals surface area contributed by atoms with Crippen molar-refractivity contribution in [3.63, 3.8) is 0 Å². The Balaban J connectivity index is 1.74. The number of piperidine rings is 1. The van der Waals surface area contributed by atoms with Gasteiger partial charge in [0.15, 0.2) is 0 Å². The Morgan fingerprint density at radius 3 is 2.90 bits per heavy atom. The summed E-state index contributed by atoms with van der Waals surface area (Å²) < 4.78 is 0. The van der Waals surface area contributed by atoms with Crippen LogP contribution in [0.2, 0.25) is 0 Å². The number of amides is 1. The van der Waals surface area contributed by atoms with Gasteiger partial charge in [-0.15, -0.1) is 0 Å². The molecule has 2 N–H and O–H groups in total. The predicted octanol–water partition coefficient (Wildman–Crippen LogP) is 1.61. The van der Waals surface area contributed by atoms with E-state index in [0.29, 0.717) is 18.5 Å². The van der Waals surface area contributed by atoms with Crippen LogP contribution in [0.1, 0.15) is 46.0 Å². The lowest BCUT2D eigenvalue weighted by Crippen LogP contribution is -2.46. The first-order valence-corrected chi connectivity index (χ1v) is 8.38. The quantitative estimate of drug-likeness (QED) is 0.777. The summed E-state index contributed by atoms with van der Waals surface area (Å²) in [6.45, 7) is 9.20. The van der Waals surface area contributed by atoms with E-state index in [2.05, 4.69) is 29.4 Å². The van der Waals surface area contributed by atoms with Gasteiger partial charge in [0.2, 0.25) is 5.91 Å². The smallest absolute Gasteiger partial charge is 0.234 e. The summed E-state index contributed by atoms with van der Waals surface area (Å²) in [6, 6.07) is 0.624. The zero-order chi connectivity index (χ0) is 14.4. The van der Waals surface area contributed by atoms with Crippen molar-refractivity contribution in [2.45, 2.75) is 52.0 Å². The average Bonchev–Trinajstić information content (AvgIpc) is 2.87. The highest BCUT2D eigenvalue weighted by atomic mass is 16.2. The van der Waals surface area contributed by atoms with Gasteiger partial charge in [0.25, 0.3) is 0 Å². The van der Waals surface area contributed by atoms with Gasteiger partial charge < -0.3 is 10.6 Å². The summed E-state index contributed by atoms with van der Waals surface area (Å²) in [5, 5.41) is 6.57. The highest BCUT2D eigenvalue weighted by Gasteiger charge is 2.33. The second-order valence-electron chi connectivity index (χ2n) is 6.82. The van der Waals surface area contributed by atoms with Crippen LogP contribution in [0.3, 0.4) is 0 Å². The second kappa shape index (κ2) is 7.99. The monoisotopic (exact) mass is 281 g/mol. The normalized spacial score (nSPS) is 27.9. The summed E-state index contributed by atoms with van der Waals surface area (Å²) in [5.41, 5.74) is 0. The zero-order valence-corrected chi connectivity index (χ0v) is 13.2. The number of hydrogen-bond donors (Lipinski definition) is 2. The Hall–Kier alpha value is -0.610. The van der Waals surface area contributed by atoms with Crippen LogP contribution in [0.4, 0.5) is 0 Å². The first kappa shape index (κ1) is 15.8. The molecule has 0 saturated carbocycles. The van der Waals surface area contributed by atoms with Crippen molar-refractivity contribution in [3.05, 3.63) is 0 Å². The highest BCUT2D eigenvalue weighted by Crippen LogP contribution is 2.27. The van der Waals surface area contributed by atoms with Gasteiger partial charge in [0.1, 0.15) is 0 Å². The maximum atomic E-state index is 12.0. The molecule has 2 aliphatic heterocycles. The van der Waals surface area contributed by atoms with E-state index in [4.69, 9.17) is 0 Å². The number of nitrogens with zero attached hydrogens (tertiary/aromatic N) is 1. The largest absolute Gasteiger partial charge is 0.355 e. The van der Waals surface area contributed by atoms with Gasteiger partial charge >= 0.3 is 0 Å². The molecular weight excluding hydrogens is 250 g/mol. The van der Waals surface area contributed by atoms with Crippen molar-refractivity contribution in [1.82, 2.24) is 15.5 Å². The van der Waals surface area contributed by atoms with E-state index in [0.717, 1.165) is 32.0 Å². The van der Waals surface area contributed by atoms with Crippen LogP contribution in [-0.2, 0) is 4.79 Å². The minimum Gasteiger partial charge on any atom is -0.355 e. The minimum atomic E-state index is 0.210. The van der Waals surface area contributed by atoms with Crippen molar-refractivity contribution < 1.29 is 4.79 Å². The van der Waals surface area contributed by atoms with Gasteiger partial charge in [-0.25, -0.2) is 0 Å². The van der Waals surface area contributed by atoms with Crippen molar-refractivity contribution in [2.24, 2.45) is 11.8 Å². The molecule has 2 atom stereocenters. The standard InChI is InChI=1S/C16H31N3O/c1-13(2)7-9-18-16(20)12-19-10-4-6-15(19)14-5-3-8-17-11-14/h13-15,17H,3-12H2,1-2H3,(H,18,20). The minimum absolute atomic E-state index is 0.210. The maximum Gasteiger partial charge on any atom is 0.234 e. The Kier molecular flexibility index (Phi) is 6.30. The maximum absolute atomic E-state index is 12.0. The molecule has 2 heterocycles. The molecule has 2 saturated heterocycles. The fraction of sp³-hybridized carbons (Fsp3) is 0.938. The fourth-order valence-corrected chi connectivity index (χ4v) is 3.53. The van der Waals surface area contributed by atoms with Crippen LogP contribution in [0, 0.1) is 11.8 Å². The summed E-state index contributed by atoms with van der Waals surface area (Å²) in [6.07, 6.45) is 6.20. The third-order valence-electron chi connectivity index (χ3n) is 4.68. The molecule has 0 bridgehead atoms. The van der Waals surface area contributed by atoms with Crippen molar-refractivity contribution in [2.75, 3.05) is 32.7 Å². The lowest BCUT2D eigenvalue weighted by molar-refractivity contribution is -0.122. The van der Waals surface area contributed by atoms with E-state index in [1.807, 2.05) is 0 Å². The topological polar surface area (TPSA) is 44.4 Å². The number of carbonyl (C=O) groups excluding carboxylic acids is 1. The molecule has 2 unspecified atom stereocenters. The molecule has 1 amide bonds. The average molecular weight is 281 g/mol. The van der Waals surface area contributed by atoms with Crippen LogP contribution in [0.25, 0.3) is 0 Å². The Bertz CT molecular complexity index is 300. The van der Waals surface area contributed by atoms with E-state index in [1.165, 1.54) is 32.2 Å². The summed E-state index contributed by atoms with van der Waals surface area (Å²) in [5.74, 6) is 1.61. The Morgan fingerprint density at radius 2 is 2.20 bits per heavy atom. The third kappa shape index (κ3) is 4.74. The molecule has 0 aromatic heterocycles. The summed E-state index contributed by atoms with van der Waals surface area (Å²) in [4.78, 5) is 14.5. The molecule has 0 aliphatic carbocycles. The first-order chi connectivity index (χ1) is 9.66. The van der Waals surface area contributed by atoms with Gasteiger partial charge in [-0.2, -0.15) is 0 Å². The molecule has 2 aliphatic rings. The number of carbonyl (C=O) groups is 1. The SMILES string of the molecule is CC(C)CCNC(=O)CN1CCCC1C1CCCNC1. The van der Waals surface area contributed by atoms with Crippen LogP contribution in [-0.4, -0.2) is 49.6 Å². The van der Waals surface area contributed by atoms with Gasteiger partial charge in [-0.3, -0.25) is 9.69 Å². The molecule has 0 radical (unpaired) electrons. The first-order valence-electron chi connectivity index (χ1n) is 8.38. The number of nitrogens with one attached hydrogen (secondary N) is 2. The van der Waals surface area contributed by atoms with Crippen LogP contribution < -0.4 is 10.6 Å². The van der Waals surface area contributed by atoms with Crippen LogP contribution >= 0.6 is 0 Å². The van der Waals surface area contributed by atoms with E-state index in [-0.39, 0.29) is 5.91 Å². The molecule has 116 valence electrons. The molecule has 2 fully saturated rings. The van der Waals surface area contributed by atoms with Gasteiger partial charge in [0.05, 0.1) is 6.54 Å².